The summed E-state index contributed by atoms with van der Waals surface area (Å²) in [5.74, 6) is -0.505. The topological polar surface area (TPSA) is 85.3 Å². The average molecular weight is 511 g/mol. The van der Waals surface area contributed by atoms with Crippen LogP contribution in [-0.4, -0.2) is 33.6 Å². The van der Waals surface area contributed by atoms with E-state index in [4.69, 9.17) is 11.6 Å². The molecule has 2 aromatic rings. The van der Waals surface area contributed by atoms with Crippen molar-refractivity contribution in [3.05, 3.63) is 58.6 Å². The maximum atomic E-state index is 13.0. The van der Waals surface area contributed by atoms with Crippen LogP contribution in [-0.2, 0) is 25.9 Å². The molecule has 0 atom stereocenters. The number of ketones is 1. The van der Waals surface area contributed by atoms with Gasteiger partial charge in [0.25, 0.3) is 0 Å². The zero-order valence-electron chi connectivity index (χ0n) is 17.5. The second-order valence-corrected chi connectivity index (χ2v) is 13.0. The Labute approximate surface area is 190 Å². The number of sulfone groups is 2. The van der Waals surface area contributed by atoms with Crippen molar-refractivity contribution in [1.82, 2.24) is 0 Å². The molecule has 0 amide bonds. The number of rotatable bonds is 8. The molecule has 0 heterocycles. The number of hydrogen-bond donors (Lipinski definition) is 0. The molecule has 0 spiro atoms. The Morgan fingerprint density at radius 3 is 2.19 bits per heavy atom. The fourth-order valence-electron chi connectivity index (χ4n) is 3.14. The van der Waals surface area contributed by atoms with E-state index < -0.39 is 46.8 Å². The first-order valence-corrected chi connectivity index (χ1v) is 13.2. The number of carbonyl (C=O) groups is 1. The van der Waals surface area contributed by atoms with E-state index in [1.807, 2.05) is 0 Å². The molecule has 0 aliphatic carbocycles. The van der Waals surface area contributed by atoms with Gasteiger partial charge in [0.05, 0.1) is 20.1 Å². The van der Waals surface area contributed by atoms with Gasteiger partial charge in [0.2, 0.25) is 0 Å². The van der Waals surface area contributed by atoms with Crippen LogP contribution in [0.25, 0.3) is 0 Å². The lowest BCUT2D eigenvalue weighted by atomic mass is 10.0. The molecule has 2 aromatic carbocycles. The molecule has 0 aromatic heterocycles. The molecule has 11 heteroatoms. The average Bonchev–Trinajstić information content (AvgIpc) is 2.66. The van der Waals surface area contributed by atoms with Crippen LogP contribution >= 0.6 is 11.6 Å². The molecular formula is C21H22ClF3O5S2. The molecule has 0 fully saturated rings. The van der Waals surface area contributed by atoms with Gasteiger partial charge >= 0.3 is 6.18 Å². The molecule has 2 rings (SSSR count). The molecule has 0 saturated carbocycles. The molecule has 0 N–H and O–H groups in total. The van der Waals surface area contributed by atoms with Gasteiger partial charge < -0.3 is 0 Å². The third-order valence-electron chi connectivity index (χ3n) is 5.03. The van der Waals surface area contributed by atoms with Crippen molar-refractivity contribution in [2.24, 2.45) is 0 Å². The van der Waals surface area contributed by atoms with E-state index in [-0.39, 0.29) is 34.7 Å². The molecule has 5 nitrogen and oxygen atoms in total. The molecule has 0 radical (unpaired) electrons. The first kappa shape index (κ1) is 26.3. The molecule has 0 bridgehead atoms. The van der Waals surface area contributed by atoms with Gasteiger partial charge in [0.15, 0.2) is 25.5 Å². The Kier molecular flexibility index (Phi) is 7.53. The van der Waals surface area contributed by atoms with Crippen molar-refractivity contribution in [2.75, 3.05) is 6.26 Å². The summed E-state index contributed by atoms with van der Waals surface area (Å²) < 4.78 is 87.3. The lowest BCUT2D eigenvalue weighted by Crippen LogP contribution is -2.32. The SMILES string of the molecule is CC(C)(CCCC(=O)c1ccc(Cl)cc1S(C)(=O)=O)S(=O)(=O)c1cccc(C(F)(F)F)c1. The van der Waals surface area contributed by atoms with E-state index in [1.54, 1.807) is 0 Å². The number of halogens is 4. The minimum Gasteiger partial charge on any atom is -0.294 e. The van der Waals surface area contributed by atoms with Crippen molar-refractivity contribution in [1.29, 1.82) is 0 Å². The number of benzene rings is 2. The predicted octanol–water partition coefficient (Wildman–Crippen LogP) is 5.37. The minimum atomic E-state index is -4.68. The van der Waals surface area contributed by atoms with E-state index in [0.717, 1.165) is 24.5 Å². The first-order chi connectivity index (χ1) is 14.5. The van der Waals surface area contributed by atoms with Crippen LogP contribution < -0.4 is 0 Å². The third kappa shape index (κ3) is 5.90. The third-order valence-corrected chi connectivity index (χ3v) is 8.93. The van der Waals surface area contributed by atoms with Crippen LogP contribution in [0.15, 0.2) is 52.3 Å². The van der Waals surface area contributed by atoms with Crippen LogP contribution in [0.5, 0.6) is 0 Å². The summed E-state index contributed by atoms with van der Waals surface area (Å²) in [5, 5.41) is 0.148. The largest absolute Gasteiger partial charge is 0.416 e. The molecule has 32 heavy (non-hydrogen) atoms. The maximum Gasteiger partial charge on any atom is 0.416 e. The summed E-state index contributed by atoms with van der Waals surface area (Å²) in [6.07, 6.45) is -3.83. The lowest BCUT2D eigenvalue weighted by Gasteiger charge is -2.25. The highest BCUT2D eigenvalue weighted by atomic mass is 35.5. The highest BCUT2D eigenvalue weighted by molar-refractivity contribution is 7.92. The molecule has 0 aliphatic heterocycles. The van der Waals surface area contributed by atoms with Gasteiger partial charge in [-0.2, -0.15) is 13.2 Å². The van der Waals surface area contributed by atoms with Gasteiger partial charge in [-0.1, -0.05) is 17.7 Å². The van der Waals surface area contributed by atoms with Crippen molar-refractivity contribution < 1.29 is 34.8 Å². The first-order valence-electron chi connectivity index (χ1n) is 9.41. The van der Waals surface area contributed by atoms with Gasteiger partial charge in [-0.3, -0.25) is 4.79 Å². The van der Waals surface area contributed by atoms with E-state index in [0.29, 0.717) is 6.07 Å². The van der Waals surface area contributed by atoms with E-state index in [9.17, 15) is 34.8 Å². The Balaban J connectivity index is 2.20. The monoisotopic (exact) mass is 510 g/mol. The van der Waals surface area contributed by atoms with Gasteiger partial charge in [0, 0.05) is 23.3 Å². The lowest BCUT2D eigenvalue weighted by molar-refractivity contribution is -0.137. The van der Waals surface area contributed by atoms with Gasteiger partial charge in [-0.15, -0.1) is 0 Å². The second-order valence-electron chi connectivity index (χ2n) is 7.98. The van der Waals surface area contributed by atoms with Gasteiger partial charge in [-0.05, 0) is 63.1 Å². The summed E-state index contributed by atoms with van der Waals surface area (Å²) in [6.45, 7) is 2.74. The molecule has 176 valence electrons. The quantitative estimate of drug-likeness (QED) is 0.446. The predicted molar refractivity (Wildman–Crippen MR) is 115 cm³/mol. The van der Waals surface area contributed by atoms with E-state index in [2.05, 4.69) is 0 Å². The number of carbonyl (C=O) groups excluding carboxylic acids is 1. The van der Waals surface area contributed by atoms with Crippen LogP contribution in [0.4, 0.5) is 13.2 Å². The highest BCUT2D eigenvalue weighted by Gasteiger charge is 2.38. The highest BCUT2D eigenvalue weighted by Crippen LogP contribution is 2.35. The number of alkyl halides is 3. The number of Topliss-reactive ketones (excluding diaryl/α,β-unsaturated/α-hetero) is 1. The Hall–Kier alpha value is -1.91. The van der Waals surface area contributed by atoms with Crippen LogP contribution in [0, 0.1) is 0 Å². The maximum absolute atomic E-state index is 13.0. The summed E-state index contributed by atoms with van der Waals surface area (Å²) in [4.78, 5) is 11.9. The summed E-state index contributed by atoms with van der Waals surface area (Å²) in [5.41, 5.74) is -1.11. The molecule has 0 aliphatic rings. The van der Waals surface area contributed by atoms with E-state index >= 15 is 0 Å². The van der Waals surface area contributed by atoms with Crippen molar-refractivity contribution in [3.8, 4) is 0 Å². The number of hydrogen-bond acceptors (Lipinski definition) is 5. The Bertz CT molecular complexity index is 1230. The van der Waals surface area contributed by atoms with Crippen molar-refractivity contribution in [3.63, 3.8) is 0 Å². The fraction of sp³-hybridized carbons (Fsp3) is 0.381. The summed E-state index contributed by atoms with van der Waals surface area (Å²) >= 11 is 5.83. The summed E-state index contributed by atoms with van der Waals surface area (Å²) in [6, 6.07) is 7.36. The standard InChI is InChI=1S/C21H22ClF3O5S2/c1-20(2,32(29,30)16-7-4-6-14(12-16)21(23,24)25)11-5-8-18(26)17-10-9-15(22)13-19(17)31(3,27)28/h4,6-7,9-10,12-13H,5,8,11H2,1-3H3. The second kappa shape index (κ2) is 9.15. The molecule has 0 saturated heterocycles. The zero-order valence-corrected chi connectivity index (χ0v) is 19.9. The molecular weight excluding hydrogens is 489 g/mol. The van der Waals surface area contributed by atoms with Gasteiger partial charge in [-0.25, -0.2) is 16.8 Å². The zero-order chi connectivity index (χ0) is 24.5. The van der Waals surface area contributed by atoms with Crippen molar-refractivity contribution in [2.45, 2.75) is 53.8 Å². The Morgan fingerprint density at radius 1 is 1.00 bits per heavy atom. The van der Waals surface area contributed by atoms with Crippen molar-refractivity contribution >= 4 is 37.1 Å². The van der Waals surface area contributed by atoms with Crippen LogP contribution in [0.2, 0.25) is 5.02 Å². The summed E-state index contributed by atoms with van der Waals surface area (Å²) in [7, 11) is -7.87. The molecule has 0 unspecified atom stereocenters. The fourth-order valence-corrected chi connectivity index (χ4v) is 5.89. The Morgan fingerprint density at radius 2 is 1.62 bits per heavy atom. The smallest absolute Gasteiger partial charge is 0.294 e. The van der Waals surface area contributed by atoms with Crippen LogP contribution in [0.1, 0.15) is 49.0 Å². The van der Waals surface area contributed by atoms with Gasteiger partial charge in [0.1, 0.15) is 0 Å². The minimum absolute atomic E-state index is 0.0287. The normalized spacial score (nSPS) is 13.2. The van der Waals surface area contributed by atoms with E-state index in [1.165, 1.54) is 32.0 Å². The van der Waals surface area contributed by atoms with Crippen LogP contribution in [0.3, 0.4) is 0 Å².